The molecule has 0 saturated heterocycles. The molecule has 3 rings (SSSR count). The van der Waals surface area contributed by atoms with Crippen LogP contribution in [0.25, 0.3) is 6.08 Å². The molecular weight excluding hydrogens is 288 g/mol. The van der Waals surface area contributed by atoms with Crippen molar-refractivity contribution < 1.29 is 9.53 Å². The monoisotopic (exact) mass is 308 g/mol. The second-order valence-electron chi connectivity index (χ2n) is 5.51. The quantitative estimate of drug-likeness (QED) is 0.923. The van der Waals surface area contributed by atoms with Gasteiger partial charge in [0.25, 0.3) is 5.91 Å². The van der Waals surface area contributed by atoms with E-state index in [1.165, 1.54) is 0 Å². The van der Waals surface area contributed by atoms with Crippen LogP contribution in [0.5, 0.6) is 5.75 Å². The Kier molecular flexibility index (Phi) is 4.62. The predicted molar refractivity (Wildman–Crippen MR) is 92.6 cm³/mol. The van der Waals surface area contributed by atoms with Crippen molar-refractivity contribution in [3.63, 3.8) is 0 Å². The van der Waals surface area contributed by atoms with Crippen molar-refractivity contribution in [2.24, 2.45) is 0 Å². The summed E-state index contributed by atoms with van der Waals surface area (Å²) in [7, 11) is 2.01. The molecule has 0 aliphatic carbocycles. The van der Waals surface area contributed by atoms with Gasteiger partial charge in [0.2, 0.25) is 0 Å². The highest BCUT2D eigenvalue weighted by Gasteiger charge is 2.16. The van der Waals surface area contributed by atoms with E-state index >= 15 is 0 Å². The molecule has 0 saturated carbocycles. The maximum atomic E-state index is 12.2. The number of carbonyl (C=O) groups is 1. The zero-order valence-electron chi connectivity index (χ0n) is 13.2. The van der Waals surface area contributed by atoms with Crippen LogP contribution >= 0.6 is 0 Å². The lowest BCUT2D eigenvalue weighted by Gasteiger charge is -2.20. The van der Waals surface area contributed by atoms with Gasteiger partial charge in [-0.05, 0) is 24.3 Å². The smallest absolute Gasteiger partial charge is 0.250 e. The Labute approximate surface area is 136 Å². The molecule has 1 aliphatic rings. The molecule has 0 spiro atoms. The summed E-state index contributed by atoms with van der Waals surface area (Å²) in [6.45, 7) is 1.65. The summed E-state index contributed by atoms with van der Waals surface area (Å²) < 4.78 is 5.61. The van der Waals surface area contributed by atoms with E-state index in [9.17, 15) is 4.79 Å². The molecule has 23 heavy (non-hydrogen) atoms. The highest BCUT2D eigenvalue weighted by atomic mass is 16.5. The summed E-state index contributed by atoms with van der Waals surface area (Å²) in [4.78, 5) is 14.4. The van der Waals surface area contributed by atoms with E-state index in [2.05, 4.69) is 22.3 Å². The van der Waals surface area contributed by atoms with Crippen LogP contribution in [0.3, 0.4) is 0 Å². The van der Waals surface area contributed by atoms with Crippen molar-refractivity contribution >= 4 is 17.7 Å². The number of hydrogen-bond acceptors (Lipinski definition) is 3. The van der Waals surface area contributed by atoms with E-state index in [-0.39, 0.29) is 5.91 Å². The van der Waals surface area contributed by atoms with Crippen molar-refractivity contribution in [2.45, 2.75) is 0 Å². The van der Waals surface area contributed by atoms with Gasteiger partial charge in [-0.15, -0.1) is 0 Å². The number of likely N-dealkylation sites (N-methyl/N-ethyl adjacent to an activating group) is 1. The number of benzene rings is 2. The van der Waals surface area contributed by atoms with Crippen LogP contribution in [0.2, 0.25) is 0 Å². The minimum Gasteiger partial charge on any atom is -0.488 e. The van der Waals surface area contributed by atoms with Crippen LogP contribution in [0.1, 0.15) is 5.56 Å². The van der Waals surface area contributed by atoms with Gasteiger partial charge in [-0.2, -0.15) is 0 Å². The maximum absolute atomic E-state index is 12.2. The normalized spacial score (nSPS) is 12.7. The zero-order chi connectivity index (χ0) is 16.1. The minimum atomic E-state index is -0.0686. The Balaban J connectivity index is 1.53. The average molecular weight is 308 g/mol. The molecule has 0 radical (unpaired) electrons. The highest BCUT2D eigenvalue weighted by molar-refractivity contribution is 5.99. The largest absolute Gasteiger partial charge is 0.488 e. The number of para-hydroxylation sites is 2. The molecule has 0 atom stereocenters. The van der Waals surface area contributed by atoms with E-state index in [0.29, 0.717) is 18.7 Å². The molecular formula is C19H20N2O2. The van der Waals surface area contributed by atoms with Gasteiger partial charge in [-0.3, -0.25) is 4.79 Å². The van der Waals surface area contributed by atoms with Crippen molar-refractivity contribution in [2.75, 3.05) is 31.6 Å². The third kappa shape index (κ3) is 3.72. The first-order valence-corrected chi connectivity index (χ1v) is 7.71. The number of ether oxygens (including phenoxy) is 1. The molecule has 118 valence electrons. The van der Waals surface area contributed by atoms with E-state index in [4.69, 9.17) is 4.74 Å². The van der Waals surface area contributed by atoms with Crippen LogP contribution in [-0.2, 0) is 4.79 Å². The molecule has 2 aromatic rings. The average Bonchev–Trinajstić information content (AvgIpc) is 2.61. The number of carbonyl (C=O) groups excluding carboxylic acids is 1. The molecule has 4 nitrogen and oxygen atoms in total. The third-order valence-electron chi connectivity index (χ3n) is 3.85. The summed E-state index contributed by atoms with van der Waals surface area (Å²) in [5.74, 6) is 0.758. The van der Waals surface area contributed by atoms with Gasteiger partial charge in [0.15, 0.2) is 0 Å². The molecule has 2 aromatic carbocycles. The number of rotatable bonds is 5. The summed E-state index contributed by atoms with van der Waals surface area (Å²) in [5.41, 5.74) is 2.74. The van der Waals surface area contributed by atoms with Crippen LogP contribution < -0.4 is 15.0 Å². The number of anilines is 1. The van der Waals surface area contributed by atoms with Crippen molar-refractivity contribution in [1.29, 1.82) is 0 Å². The first kappa shape index (κ1) is 15.2. The summed E-state index contributed by atoms with van der Waals surface area (Å²) in [6, 6.07) is 17.8. The Morgan fingerprint density at radius 2 is 1.87 bits per heavy atom. The van der Waals surface area contributed by atoms with Gasteiger partial charge in [0.1, 0.15) is 12.4 Å². The van der Waals surface area contributed by atoms with Gasteiger partial charge in [-0.25, -0.2) is 0 Å². The second-order valence-corrected chi connectivity index (χ2v) is 5.51. The summed E-state index contributed by atoms with van der Waals surface area (Å²) >= 11 is 0. The van der Waals surface area contributed by atoms with Crippen molar-refractivity contribution in [3.8, 4) is 5.75 Å². The Morgan fingerprint density at radius 1 is 1.13 bits per heavy atom. The molecule has 1 heterocycles. The lowest BCUT2D eigenvalue weighted by atomic mass is 10.1. The number of nitrogens with one attached hydrogen (secondary N) is 1. The van der Waals surface area contributed by atoms with Crippen molar-refractivity contribution in [3.05, 3.63) is 65.7 Å². The number of hydrogen-bond donors (Lipinski definition) is 1. The molecule has 1 aliphatic heterocycles. The molecule has 0 bridgehead atoms. The lowest BCUT2D eigenvalue weighted by molar-refractivity contribution is -0.117. The van der Waals surface area contributed by atoms with Crippen LogP contribution in [-0.4, -0.2) is 32.7 Å². The predicted octanol–water partition coefficient (Wildman–Crippen LogP) is 2.72. The fourth-order valence-electron chi connectivity index (χ4n) is 2.51. The number of fused-ring (bicyclic) bond motifs is 1. The first-order valence-electron chi connectivity index (χ1n) is 7.71. The molecule has 0 fully saturated rings. The third-order valence-corrected chi connectivity index (χ3v) is 3.85. The van der Waals surface area contributed by atoms with E-state index < -0.39 is 0 Å². The van der Waals surface area contributed by atoms with Gasteiger partial charge < -0.3 is 15.0 Å². The molecule has 0 unspecified atom stereocenters. The van der Waals surface area contributed by atoms with Gasteiger partial charge in [-0.1, -0.05) is 36.4 Å². The van der Waals surface area contributed by atoms with Crippen LogP contribution in [0.15, 0.2) is 60.2 Å². The van der Waals surface area contributed by atoms with Gasteiger partial charge in [0, 0.05) is 31.4 Å². The van der Waals surface area contributed by atoms with E-state index in [0.717, 1.165) is 23.5 Å². The lowest BCUT2D eigenvalue weighted by Crippen LogP contribution is -2.35. The summed E-state index contributed by atoms with van der Waals surface area (Å²) in [6.07, 6.45) is 1.90. The summed E-state index contributed by atoms with van der Waals surface area (Å²) in [5, 5.41) is 2.95. The minimum absolute atomic E-state index is 0.0686. The highest BCUT2D eigenvalue weighted by Crippen LogP contribution is 2.25. The van der Waals surface area contributed by atoms with Crippen LogP contribution in [0.4, 0.5) is 5.69 Å². The fourth-order valence-corrected chi connectivity index (χ4v) is 2.51. The Bertz CT molecular complexity index is 710. The Morgan fingerprint density at radius 3 is 2.70 bits per heavy atom. The molecule has 0 aromatic heterocycles. The standard InChI is InChI=1S/C19H20N2O2/c1-21(17-8-3-2-4-9-17)12-11-20-19(22)16-13-15-7-5-6-10-18(15)23-14-16/h2-10,13H,11-12,14H2,1H3,(H,20,22). The van der Waals surface area contributed by atoms with Gasteiger partial charge in [0.05, 0.1) is 5.57 Å². The topological polar surface area (TPSA) is 41.6 Å². The first-order chi connectivity index (χ1) is 11.2. The fraction of sp³-hybridized carbons (Fsp3) is 0.211. The van der Waals surface area contributed by atoms with Crippen molar-refractivity contribution in [1.82, 2.24) is 5.32 Å². The van der Waals surface area contributed by atoms with E-state index in [1.54, 1.807) is 0 Å². The molecule has 1 N–H and O–H groups in total. The SMILES string of the molecule is CN(CCNC(=O)C1=Cc2ccccc2OC1)c1ccccc1. The maximum Gasteiger partial charge on any atom is 0.250 e. The van der Waals surface area contributed by atoms with Gasteiger partial charge >= 0.3 is 0 Å². The number of amides is 1. The molecule has 1 amide bonds. The number of nitrogens with zero attached hydrogens (tertiary/aromatic N) is 1. The second kappa shape index (κ2) is 7.01. The Hall–Kier alpha value is -2.75. The zero-order valence-corrected chi connectivity index (χ0v) is 13.2. The molecule has 4 heteroatoms. The van der Waals surface area contributed by atoms with Crippen LogP contribution in [0, 0.1) is 0 Å². The van der Waals surface area contributed by atoms with E-state index in [1.807, 2.05) is 55.6 Å².